The van der Waals surface area contributed by atoms with Gasteiger partial charge in [-0.2, -0.15) is 0 Å². The molecule has 184 valence electrons. The Bertz CT molecular complexity index is 968. The molecule has 0 radical (unpaired) electrons. The fourth-order valence-corrected chi connectivity index (χ4v) is 4.17. The number of benzene rings is 2. The standard InChI is InChI=1S/C26H34N2O6/c1-17-13-28(14-18(2)34-17)15-20-6-8-21(9-7-20)26(30)33-16-25(29)27-19(3)23-12-22(31-4)10-11-24(23)32-5/h6-12,17-19H,13-16H2,1-5H3,(H,27,29). The predicted molar refractivity (Wildman–Crippen MR) is 128 cm³/mol. The summed E-state index contributed by atoms with van der Waals surface area (Å²) in [6, 6.07) is 12.3. The second kappa shape index (κ2) is 11.9. The van der Waals surface area contributed by atoms with Crippen LogP contribution in [0.1, 0.15) is 48.3 Å². The molecule has 0 saturated carbocycles. The van der Waals surface area contributed by atoms with Gasteiger partial charge in [0.2, 0.25) is 0 Å². The molecule has 1 aliphatic heterocycles. The first-order valence-corrected chi connectivity index (χ1v) is 11.4. The average molecular weight is 471 g/mol. The molecule has 8 heteroatoms. The highest BCUT2D eigenvalue weighted by molar-refractivity contribution is 5.91. The number of carbonyl (C=O) groups is 2. The molecule has 0 bridgehead atoms. The van der Waals surface area contributed by atoms with Crippen LogP contribution in [0.5, 0.6) is 11.5 Å². The fraction of sp³-hybridized carbons (Fsp3) is 0.462. The molecule has 1 fully saturated rings. The zero-order valence-corrected chi connectivity index (χ0v) is 20.5. The Kier molecular flexibility index (Phi) is 8.90. The zero-order chi connectivity index (χ0) is 24.7. The molecule has 1 aliphatic rings. The Balaban J connectivity index is 1.50. The third-order valence-electron chi connectivity index (χ3n) is 5.71. The molecule has 8 nitrogen and oxygen atoms in total. The summed E-state index contributed by atoms with van der Waals surface area (Å²) in [5.74, 6) is 0.343. The lowest BCUT2D eigenvalue weighted by molar-refractivity contribution is -0.124. The highest BCUT2D eigenvalue weighted by Crippen LogP contribution is 2.29. The monoisotopic (exact) mass is 470 g/mol. The van der Waals surface area contributed by atoms with Crippen LogP contribution in [-0.2, 0) is 20.8 Å². The minimum absolute atomic E-state index is 0.205. The third-order valence-corrected chi connectivity index (χ3v) is 5.71. The van der Waals surface area contributed by atoms with E-state index in [0.717, 1.165) is 30.8 Å². The minimum atomic E-state index is -0.540. The first-order valence-electron chi connectivity index (χ1n) is 11.4. The molecule has 34 heavy (non-hydrogen) atoms. The Morgan fingerprint density at radius 2 is 1.74 bits per heavy atom. The molecule has 2 aromatic rings. The topological polar surface area (TPSA) is 86.3 Å². The molecule has 3 unspecified atom stereocenters. The number of ether oxygens (including phenoxy) is 4. The Labute approximate surface area is 201 Å². The van der Waals surface area contributed by atoms with Gasteiger partial charge in [0, 0.05) is 25.2 Å². The lowest BCUT2D eigenvalue weighted by Crippen LogP contribution is -2.44. The highest BCUT2D eigenvalue weighted by Gasteiger charge is 2.22. The van der Waals surface area contributed by atoms with E-state index in [1.165, 1.54) is 0 Å². The molecular formula is C26H34N2O6. The number of hydrogen-bond donors (Lipinski definition) is 1. The van der Waals surface area contributed by atoms with Crippen LogP contribution in [0.15, 0.2) is 42.5 Å². The first kappa shape index (κ1) is 25.5. The molecule has 0 aliphatic carbocycles. The van der Waals surface area contributed by atoms with Crippen molar-refractivity contribution in [2.24, 2.45) is 0 Å². The lowest BCUT2D eigenvalue weighted by Gasteiger charge is -2.35. The van der Waals surface area contributed by atoms with Crippen molar-refractivity contribution in [2.75, 3.05) is 33.9 Å². The van der Waals surface area contributed by atoms with E-state index in [-0.39, 0.29) is 24.9 Å². The van der Waals surface area contributed by atoms with E-state index in [9.17, 15) is 9.59 Å². The van der Waals surface area contributed by atoms with Crippen molar-refractivity contribution >= 4 is 11.9 Å². The Morgan fingerprint density at radius 3 is 2.35 bits per heavy atom. The summed E-state index contributed by atoms with van der Waals surface area (Å²) in [4.78, 5) is 27.1. The first-order chi connectivity index (χ1) is 16.3. The van der Waals surface area contributed by atoms with E-state index in [1.54, 1.807) is 44.6 Å². The summed E-state index contributed by atoms with van der Waals surface area (Å²) in [5, 5.41) is 2.82. The van der Waals surface area contributed by atoms with Gasteiger partial charge in [-0.3, -0.25) is 9.69 Å². The van der Waals surface area contributed by atoms with Crippen molar-refractivity contribution in [2.45, 2.75) is 45.6 Å². The SMILES string of the molecule is COc1ccc(OC)c(C(C)NC(=O)COC(=O)c2ccc(CN3CC(C)OC(C)C3)cc2)c1. The van der Waals surface area contributed by atoms with E-state index in [2.05, 4.69) is 24.1 Å². The summed E-state index contributed by atoms with van der Waals surface area (Å²) in [6.07, 6.45) is 0.411. The summed E-state index contributed by atoms with van der Waals surface area (Å²) in [7, 11) is 3.14. The van der Waals surface area contributed by atoms with Gasteiger partial charge in [-0.1, -0.05) is 12.1 Å². The van der Waals surface area contributed by atoms with Crippen LogP contribution in [0.4, 0.5) is 0 Å². The van der Waals surface area contributed by atoms with Gasteiger partial charge in [-0.05, 0) is 56.7 Å². The van der Waals surface area contributed by atoms with Crippen molar-refractivity contribution in [1.29, 1.82) is 0 Å². The van der Waals surface area contributed by atoms with E-state index >= 15 is 0 Å². The van der Waals surface area contributed by atoms with Crippen LogP contribution in [0.2, 0.25) is 0 Å². The van der Waals surface area contributed by atoms with Gasteiger partial charge >= 0.3 is 5.97 Å². The van der Waals surface area contributed by atoms with Crippen LogP contribution in [-0.4, -0.2) is 62.9 Å². The molecule has 1 heterocycles. The zero-order valence-electron chi connectivity index (χ0n) is 20.5. The number of morpholine rings is 1. The predicted octanol–water partition coefficient (Wildman–Crippen LogP) is 3.35. The number of esters is 1. The fourth-order valence-electron chi connectivity index (χ4n) is 4.17. The summed E-state index contributed by atoms with van der Waals surface area (Å²) < 4.78 is 21.6. The molecule has 0 spiro atoms. The van der Waals surface area contributed by atoms with Gasteiger partial charge in [-0.15, -0.1) is 0 Å². The Morgan fingerprint density at radius 1 is 1.06 bits per heavy atom. The quantitative estimate of drug-likeness (QED) is 0.563. The number of amides is 1. The van der Waals surface area contributed by atoms with Crippen molar-refractivity contribution in [3.63, 3.8) is 0 Å². The molecule has 1 N–H and O–H groups in total. The molecular weight excluding hydrogens is 436 g/mol. The smallest absolute Gasteiger partial charge is 0.338 e. The number of hydrogen-bond acceptors (Lipinski definition) is 7. The van der Waals surface area contributed by atoms with Gasteiger partial charge in [0.25, 0.3) is 5.91 Å². The average Bonchev–Trinajstić information content (AvgIpc) is 2.81. The maximum Gasteiger partial charge on any atom is 0.338 e. The molecule has 0 aromatic heterocycles. The maximum atomic E-state index is 12.4. The van der Waals surface area contributed by atoms with Crippen molar-refractivity contribution in [1.82, 2.24) is 10.2 Å². The maximum absolute atomic E-state index is 12.4. The largest absolute Gasteiger partial charge is 0.497 e. The van der Waals surface area contributed by atoms with E-state index < -0.39 is 11.9 Å². The van der Waals surface area contributed by atoms with Gasteiger partial charge in [-0.25, -0.2) is 4.79 Å². The number of nitrogens with zero attached hydrogens (tertiary/aromatic N) is 1. The van der Waals surface area contributed by atoms with Gasteiger partial charge < -0.3 is 24.3 Å². The molecule has 2 aromatic carbocycles. The van der Waals surface area contributed by atoms with Crippen LogP contribution in [0.3, 0.4) is 0 Å². The Hall–Kier alpha value is -3.10. The minimum Gasteiger partial charge on any atom is -0.497 e. The van der Waals surface area contributed by atoms with Crippen LogP contribution >= 0.6 is 0 Å². The van der Waals surface area contributed by atoms with Gasteiger partial charge in [0.15, 0.2) is 6.61 Å². The van der Waals surface area contributed by atoms with E-state index in [4.69, 9.17) is 18.9 Å². The number of nitrogens with one attached hydrogen (secondary N) is 1. The summed E-state index contributed by atoms with van der Waals surface area (Å²) in [6.45, 7) is 8.15. The summed E-state index contributed by atoms with van der Waals surface area (Å²) >= 11 is 0. The number of carbonyl (C=O) groups excluding carboxylic acids is 2. The molecule has 3 rings (SSSR count). The van der Waals surface area contributed by atoms with Gasteiger partial charge in [0.1, 0.15) is 11.5 Å². The second-order valence-corrected chi connectivity index (χ2v) is 8.62. The van der Waals surface area contributed by atoms with E-state index in [0.29, 0.717) is 17.1 Å². The summed E-state index contributed by atoms with van der Waals surface area (Å²) in [5.41, 5.74) is 2.28. The number of rotatable bonds is 9. The molecule has 3 atom stereocenters. The third kappa shape index (κ3) is 6.95. The number of methoxy groups -OCH3 is 2. The van der Waals surface area contributed by atoms with E-state index in [1.807, 2.05) is 19.1 Å². The van der Waals surface area contributed by atoms with Crippen LogP contribution in [0.25, 0.3) is 0 Å². The van der Waals surface area contributed by atoms with Crippen molar-refractivity contribution < 1.29 is 28.5 Å². The van der Waals surface area contributed by atoms with Crippen LogP contribution in [0, 0.1) is 0 Å². The molecule has 1 saturated heterocycles. The van der Waals surface area contributed by atoms with Crippen molar-refractivity contribution in [3.8, 4) is 11.5 Å². The lowest BCUT2D eigenvalue weighted by atomic mass is 10.1. The van der Waals surface area contributed by atoms with Crippen LogP contribution < -0.4 is 14.8 Å². The van der Waals surface area contributed by atoms with Gasteiger partial charge in [0.05, 0.1) is 38.0 Å². The highest BCUT2D eigenvalue weighted by atomic mass is 16.5. The second-order valence-electron chi connectivity index (χ2n) is 8.62. The van der Waals surface area contributed by atoms with Crippen molar-refractivity contribution in [3.05, 3.63) is 59.2 Å². The normalized spacial score (nSPS) is 19.2. The molecule has 1 amide bonds.